The molecular weight excluding hydrogens is 214 g/mol. The van der Waals surface area contributed by atoms with E-state index in [9.17, 15) is 4.79 Å². The van der Waals surface area contributed by atoms with Crippen molar-refractivity contribution in [1.82, 2.24) is 0 Å². The maximum absolute atomic E-state index is 12.0. The van der Waals surface area contributed by atoms with Gasteiger partial charge in [0.15, 0.2) is 0 Å². The van der Waals surface area contributed by atoms with E-state index in [4.69, 9.17) is 10.5 Å². The number of fused-ring (bicyclic) bond motifs is 2. The van der Waals surface area contributed by atoms with Gasteiger partial charge in [0, 0.05) is 6.04 Å². The van der Waals surface area contributed by atoms with Crippen LogP contribution in [0.4, 0.5) is 0 Å². The highest BCUT2D eigenvalue weighted by Gasteiger charge is 2.49. The fraction of sp³-hybridized carbons (Fsp3) is 0.929. The molecule has 2 rings (SSSR count). The third kappa shape index (κ3) is 2.82. The molecule has 0 amide bonds. The number of hydrogen-bond donors (Lipinski definition) is 1. The molecule has 0 spiro atoms. The Bertz CT molecular complexity index is 265. The van der Waals surface area contributed by atoms with Crippen LogP contribution in [0.3, 0.4) is 0 Å². The lowest BCUT2D eigenvalue weighted by atomic mass is 9.85. The summed E-state index contributed by atoms with van der Waals surface area (Å²) >= 11 is 0. The van der Waals surface area contributed by atoms with Gasteiger partial charge in [-0.05, 0) is 37.5 Å². The molecule has 17 heavy (non-hydrogen) atoms. The first-order chi connectivity index (χ1) is 8.24. The minimum atomic E-state index is -0.0267. The number of nitrogens with two attached hydrogens (primary N) is 1. The van der Waals surface area contributed by atoms with Crippen molar-refractivity contribution in [3.05, 3.63) is 0 Å². The fourth-order valence-corrected chi connectivity index (χ4v) is 3.48. The molecule has 0 radical (unpaired) electrons. The van der Waals surface area contributed by atoms with Gasteiger partial charge in [-0.3, -0.25) is 4.79 Å². The van der Waals surface area contributed by atoms with Crippen LogP contribution in [-0.2, 0) is 9.53 Å². The second-order valence-electron chi connectivity index (χ2n) is 5.66. The van der Waals surface area contributed by atoms with Crippen LogP contribution >= 0.6 is 0 Å². The second kappa shape index (κ2) is 5.85. The zero-order valence-corrected chi connectivity index (χ0v) is 10.9. The molecule has 98 valence electrons. The molecule has 4 atom stereocenters. The standard InChI is InChI=1S/C14H25NO2/c1-2-3-4-5-8-17-14(16)12-10-6-7-11(9-10)13(12)15/h10-13H,2-9,15H2,1H3. The summed E-state index contributed by atoms with van der Waals surface area (Å²) in [5.41, 5.74) is 6.12. The van der Waals surface area contributed by atoms with E-state index < -0.39 is 0 Å². The van der Waals surface area contributed by atoms with Gasteiger partial charge in [0.2, 0.25) is 0 Å². The van der Waals surface area contributed by atoms with Crippen LogP contribution in [0.25, 0.3) is 0 Å². The zero-order valence-electron chi connectivity index (χ0n) is 10.9. The molecule has 4 unspecified atom stereocenters. The summed E-state index contributed by atoms with van der Waals surface area (Å²) in [5.74, 6) is 1.07. The Morgan fingerprint density at radius 1 is 1.24 bits per heavy atom. The van der Waals surface area contributed by atoms with Crippen LogP contribution in [0.1, 0.15) is 51.9 Å². The van der Waals surface area contributed by atoms with Crippen LogP contribution in [-0.4, -0.2) is 18.6 Å². The summed E-state index contributed by atoms with van der Waals surface area (Å²) in [5, 5.41) is 0. The van der Waals surface area contributed by atoms with Gasteiger partial charge in [-0.15, -0.1) is 0 Å². The zero-order chi connectivity index (χ0) is 12.3. The normalized spacial score (nSPS) is 35.2. The Morgan fingerprint density at radius 2 is 2.00 bits per heavy atom. The van der Waals surface area contributed by atoms with Gasteiger partial charge in [0.25, 0.3) is 0 Å². The highest BCUT2D eigenvalue weighted by molar-refractivity contribution is 5.74. The first-order valence-corrected chi connectivity index (χ1v) is 7.16. The largest absolute Gasteiger partial charge is 0.465 e. The number of unbranched alkanes of at least 4 members (excludes halogenated alkanes) is 3. The Labute approximate surface area is 104 Å². The molecule has 3 nitrogen and oxygen atoms in total. The molecule has 0 saturated heterocycles. The molecule has 2 saturated carbocycles. The molecule has 0 heterocycles. The first kappa shape index (κ1) is 12.9. The maximum Gasteiger partial charge on any atom is 0.310 e. The molecule has 3 heteroatoms. The minimum absolute atomic E-state index is 0.0000693. The number of esters is 1. The van der Waals surface area contributed by atoms with Gasteiger partial charge in [-0.25, -0.2) is 0 Å². The smallest absolute Gasteiger partial charge is 0.310 e. The molecule has 0 aromatic heterocycles. The van der Waals surface area contributed by atoms with Crippen molar-refractivity contribution in [3.8, 4) is 0 Å². The summed E-state index contributed by atoms with van der Waals surface area (Å²) in [6.45, 7) is 2.76. The molecule has 2 aliphatic rings. The summed E-state index contributed by atoms with van der Waals surface area (Å²) < 4.78 is 5.38. The van der Waals surface area contributed by atoms with Crippen LogP contribution in [0.5, 0.6) is 0 Å². The number of hydrogen-bond acceptors (Lipinski definition) is 3. The highest BCUT2D eigenvalue weighted by Crippen LogP contribution is 2.47. The number of carbonyl (C=O) groups excluding carboxylic acids is 1. The van der Waals surface area contributed by atoms with E-state index in [-0.39, 0.29) is 17.9 Å². The average molecular weight is 239 g/mol. The van der Waals surface area contributed by atoms with Gasteiger partial charge < -0.3 is 10.5 Å². The third-order valence-corrected chi connectivity index (χ3v) is 4.49. The molecule has 0 aromatic rings. The van der Waals surface area contributed by atoms with Gasteiger partial charge in [-0.1, -0.05) is 26.2 Å². The predicted molar refractivity (Wildman–Crippen MR) is 67.4 cm³/mol. The van der Waals surface area contributed by atoms with Crippen molar-refractivity contribution in [2.45, 2.75) is 57.9 Å². The Kier molecular flexibility index (Phi) is 4.43. The number of carbonyl (C=O) groups is 1. The van der Waals surface area contributed by atoms with Crippen LogP contribution in [0.2, 0.25) is 0 Å². The van der Waals surface area contributed by atoms with E-state index in [1.54, 1.807) is 0 Å². The number of rotatable bonds is 6. The van der Waals surface area contributed by atoms with Gasteiger partial charge in [0.1, 0.15) is 0 Å². The minimum Gasteiger partial charge on any atom is -0.465 e. The molecule has 0 aliphatic heterocycles. The quantitative estimate of drug-likeness (QED) is 0.572. The molecule has 2 aliphatic carbocycles. The van der Waals surface area contributed by atoms with Gasteiger partial charge in [-0.2, -0.15) is 0 Å². The van der Waals surface area contributed by atoms with E-state index in [0.29, 0.717) is 18.4 Å². The lowest BCUT2D eigenvalue weighted by molar-refractivity contribution is -0.151. The summed E-state index contributed by atoms with van der Waals surface area (Å²) in [6.07, 6.45) is 8.13. The van der Waals surface area contributed by atoms with Gasteiger partial charge >= 0.3 is 5.97 Å². The van der Waals surface area contributed by atoms with E-state index in [0.717, 1.165) is 19.3 Å². The van der Waals surface area contributed by atoms with Crippen molar-refractivity contribution in [1.29, 1.82) is 0 Å². The maximum atomic E-state index is 12.0. The molecule has 0 aromatic carbocycles. The Balaban J connectivity index is 1.69. The van der Waals surface area contributed by atoms with Crippen LogP contribution in [0.15, 0.2) is 0 Å². The monoisotopic (exact) mass is 239 g/mol. The SMILES string of the molecule is CCCCCCOC(=O)C1C2CCC(C2)C1N. The number of ether oxygens (including phenoxy) is 1. The fourth-order valence-electron chi connectivity index (χ4n) is 3.48. The molecule has 2 N–H and O–H groups in total. The lowest BCUT2D eigenvalue weighted by Gasteiger charge is -2.26. The third-order valence-electron chi connectivity index (χ3n) is 4.49. The van der Waals surface area contributed by atoms with Crippen molar-refractivity contribution < 1.29 is 9.53 Å². The second-order valence-corrected chi connectivity index (χ2v) is 5.66. The summed E-state index contributed by atoms with van der Waals surface area (Å²) in [7, 11) is 0. The summed E-state index contributed by atoms with van der Waals surface area (Å²) in [6, 6.07) is 0.0666. The Morgan fingerprint density at radius 3 is 2.65 bits per heavy atom. The van der Waals surface area contributed by atoms with E-state index in [1.807, 2.05) is 0 Å². The Hall–Kier alpha value is -0.570. The van der Waals surface area contributed by atoms with E-state index in [1.165, 1.54) is 25.7 Å². The summed E-state index contributed by atoms with van der Waals surface area (Å²) in [4.78, 5) is 12.0. The molecule has 2 bridgehead atoms. The lowest BCUT2D eigenvalue weighted by Crippen LogP contribution is -2.41. The average Bonchev–Trinajstić information content (AvgIpc) is 2.89. The van der Waals surface area contributed by atoms with Gasteiger partial charge in [0.05, 0.1) is 12.5 Å². The molecular formula is C14H25NO2. The van der Waals surface area contributed by atoms with Crippen LogP contribution < -0.4 is 5.73 Å². The van der Waals surface area contributed by atoms with Crippen molar-refractivity contribution in [2.24, 2.45) is 23.5 Å². The van der Waals surface area contributed by atoms with Crippen molar-refractivity contribution in [3.63, 3.8) is 0 Å². The van der Waals surface area contributed by atoms with Crippen molar-refractivity contribution >= 4 is 5.97 Å². The van der Waals surface area contributed by atoms with E-state index in [2.05, 4.69) is 6.92 Å². The predicted octanol–water partition coefficient (Wildman–Crippen LogP) is 2.48. The van der Waals surface area contributed by atoms with E-state index >= 15 is 0 Å². The van der Waals surface area contributed by atoms with Crippen molar-refractivity contribution in [2.75, 3.05) is 6.61 Å². The molecule has 2 fully saturated rings. The first-order valence-electron chi connectivity index (χ1n) is 7.16. The highest BCUT2D eigenvalue weighted by atomic mass is 16.5. The van der Waals surface area contributed by atoms with Crippen LogP contribution in [0, 0.1) is 17.8 Å². The topological polar surface area (TPSA) is 52.3 Å².